The van der Waals surface area contributed by atoms with Gasteiger partial charge in [-0.15, -0.1) is 0 Å². The molecule has 0 aliphatic carbocycles. The molecule has 1 aromatic rings. The van der Waals surface area contributed by atoms with Crippen molar-refractivity contribution in [2.24, 2.45) is 5.41 Å². The second kappa shape index (κ2) is 6.38. The Morgan fingerprint density at radius 2 is 1.84 bits per heavy atom. The summed E-state index contributed by atoms with van der Waals surface area (Å²) in [5, 5.41) is 3.48. The number of hydrogen-bond donors (Lipinski definition) is 1. The maximum Gasteiger partial charge on any atom is 0.142 e. The Morgan fingerprint density at radius 3 is 2.42 bits per heavy atom. The Labute approximate surface area is 117 Å². The lowest BCUT2D eigenvalue weighted by Gasteiger charge is -2.22. The molecule has 0 amide bonds. The number of nitrogens with one attached hydrogen (secondary N) is 1. The summed E-state index contributed by atoms with van der Waals surface area (Å²) >= 11 is 0. The predicted octanol–water partition coefficient (Wildman–Crippen LogP) is 3.78. The zero-order chi connectivity index (χ0) is 14.5. The van der Waals surface area contributed by atoms with Crippen molar-refractivity contribution in [3.63, 3.8) is 0 Å². The Hall–Kier alpha value is -1.09. The zero-order valence-electron chi connectivity index (χ0n) is 13.2. The van der Waals surface area contributed by atoms with Gasteiger partial charge in [0.15, 0.2) is 0 Å². The molecule has 3 heteroatoms. The van der Waals surface area contributed by atoms with E-state index in [0.717, 1.165) is 25.3 Å². The Bertz CT molecular complexity index is 388. The summed E-state index contributed by atoms with van der Waals surface area (Å²) in [6.07, 6.45) is 4.66. The van der Waals surface area contributed by atoms with E-state index < -0.39 is 0 Å². The highest BCUT2D eigenvalue weighted by Crippen LogP contribution is 2.21. The van der Waals surface area contributed by atoms with E-state index in [2.05, 4.69) is 51.8 Å². The van der Waals surface area contributed by atoms with Crippen LogP contribution in [0.4, 0.5) is 0 Å². The molecule has 0 aliphatic rings. The molecule has 0 bridgehead atoms. The van der Waals surface area contributed by atoms with Crippen molar-refractivity contribution in [1.82, 2.24) is 10.3 Å². The molecular weight excluding hydrogens is 236 g/mol. The summed E-state index contributed by atoms with van der Waals surface area (Å²) in [5.74, 6) is 0.892. The fraction of sp³-hybridized carbons (Fsp3) is 0.688. The SMILES string of the molecule is CC(C)(C)CCOc1cnccc1CNC(C)(C)C. The first-order chi connectivity index (χ1) is 8.67. The summed E-state index contributed by atoms with van der Waals surface area (Å²) in [5.41, 5.74) is 1.57. The smallest absolute Gasteiger partial charge is 0.142 e. The van der Waals surface area contributed by atoms with Crippen LogP contribution in [0.25, 0.3) is 0 Å². The standard InChI is InChI=1S/C16H28N2O/c1-15(2,3)8-10-19-14-12-17-9-7-13(14)11-18-16(4,5)6/h7,9,12,18H,8,10-11H2,1-6H3. The first-order valence-corrected chi connectivity index (χ1v) is 6.98. The molecule has 0 fully saturated rings. The van der Waals surface area contributed by atoms with E-state index in [4.69, 9.17) is 4.74 Å². The minimum Gasteiger partial charge on any atom is -0.492 e. The highest BCUT2D eigenvalue weighted by atomic mass is 16.5. The van der Waals surface area contributed by atoms with E-state index in [-0.39, 0.29) is 5.54 Å². The normalized spacial score (nSPS) is 12.5. The lowest BCUT2D eigenvalue weighted by Crippen LogP contribution is -2.35. The molecule has 1 aromatic heterocycles. The molecule has 108 valence electrons. The summed E-state index contributed by atoms with van der Waals surface area (Å²) in [4.78, 5) is 4.15. The van der Waals surface area contributed by atoms with Gasteiger partial charge in [0.05, 0.1) is 12.8 Å². The average Bonchev–Trinajstić information content (AvgIpc) is 2.25. The summed E-state index contributed by atoms with van der Waals surface area (Å²) < 4.78 is 5.88. The van der Waals surface area contributed by atoms with E-state index in [9.17, 15) is 0 Å². The van der Waals surface area contributed by atoms with Crippen LogP contribution < -0.4 is 10.1 Å². The van der Waals surface area contributed by atoms with Crippen LogP contribution in [-0.2, 0) is 6.54 Å². The maximum absolute atomic E-state index is 5.88. The number of pyridine rings is 1. The number of hydrogen-bond acceptors (Lipinski definition) is 3. The van der Waals surface area contributed by atoms with Crippen molar-refractivity contribution in [3.8, 4) is 5.75 Å². The maximum atomic E-state index is 5.88. The Morgan fingerprint density at radius 1 is 1.16 bits per heavy atom. The Kier molecular flexibility index (Phi) is 5.36. The summed E-state index contributed by atoms with van der Waals surface area (Å²) in [6, 6.07) is 2.02. The Balaban J connectivity index is 2.58. The van der Waals surface area contributed by atoms with Crippen LogP contribution in [0.5, 0.6) is 5.75 Å². The van der Waals surface area contributed by atoms with Gasteiger partial charge in [-0.3, -0.25) is 4.98 Å². The second-order valence-electron chi connectivity index (χ2n) is 7.25. The number of rotatable bonds is 5. The van der Waals surface area contributed by atoms with Gasteiger partial charge in [0.25, 0.3) is 0 Å². The van der Waals surface area contributed by atoms with E-state index in [1.165, 1.54) is 5.56 Å². The van der Waals surface area contributed by atoms with Crippen LogP contribution >= 0.6 is 0 Å². The third-order valence-corrected chi connectivity index (χ3v) is 2.79. The minimum absolute atomic E-state index is 0.103. The first kappa shape index (κ1) is 16.0. The topological polar surface area (TPSA) is 34.1 Å². The van der Waals surface area contributed by atoms with E-state index in [1.54, 1.807) is 0 Å². The van der Waals surface area contributed by atoms with Crippen LogP contribution in [0.2, 0.25) is 0 Å². The van der Waals surface area contributed by atoms with Crippen molar-refractivity contribution < 1.29 is 4.74 Å². The molecule has 0 radical (unpaired) electrons. The highest BCUT2D eigenvalue weighted by molar-refractivity contribution is 5.29. The highest BCUT2D eigenvalue weighted by Gasteiger charge is 2.13. The lowest BCUT2D eigenvalue weighted by atomic mass is 9.93. The van der Waals surface area contributed by atoms with E-state index >= 15 is 0 Å². The molecule has 0 atom stereocenters. The van der Waals surface area contributed by atoms with Crippen molar-refractivity contribution in [3.05, 3.63) is 24.0 Å². The van der Waals surface area contributed by atoms with Crippen LogP contribution in [0.1, 0.15) is 53.5 Å². The van der Waals surface area contributed by atoms with E-state index in [1.807, 2.05) is 18.5 Å². The summed E-state index contributed by atoms with van der Waals surface area (Å²) in [7, 11) is 0. The fourth-order valence-corrected chi connectivity index (χ4v) is 1.51. The molecule has 0 saturated carbocycles. The molecule has 0 spiro atoms. The van der Waals surface area contributed by atoms with Crippen LogP contribution in [0.15, 0.2) is 18.5 Å². The minimum atomic E-state index is 0.103. The molecular formula is C16H28N2O. The molecule has 1 rings (SSSR count). The van der Waals surface area contributed by atoms with Gasteiger partial charge >= 0.3 is 0 Å². The van der Waals surface area contributed by atoms with Crippen molar-refractivity contribution in [2.45, 2.75) is 60.0 Å². The quantitative estimate of drug-likeness (QED) is 0.878. The number of nitrogens with zero attached hydrogens (tertiary/aromatic N) is 1. The first-order valence-electron chi connectivity index (χ1n) is 6.98. The molecule has 0 unspecified atom stereocenters. The van der Waals surface area contributed by atoms with Gasteiger partial charge in [0.1, 0.15) is 5.75 Å². The molecule has 0 aromatic carbocycles. The third kappa shape index (κ3) is 7.16. The average molecular weight is 264 g/mol. The molecule has 19 heavy (non-hydrogen) atoms. The van der Waals surface area contributed by atoms with Crippen LogP contribution in [0.3, 0.4) is 0 Å². The molecule has 0 saturated heterocycles. The van der Waals surface area contributed by atoms with Crippen LogP contribution in [-0.4, -0.2) is 17.1 Å². The monoisotopic (exact) mass is 264 g/mol. The number of ether oxygens (including phenoxy) is 1. The van der Waals surface area contributed by atoms with Gasteiger partial charge < -0.3 is 10.1 Å². The van der Waals surface area contributed by atoms with Crippen LogP contribution in [0, 0.1) is 5.41 Å². The summed E-state index contributed by atoms with van der Waals surface area (Å²) in [6.45, 7) is 14.7. The van der Waals surface area contributed by atoms with Crippen molar-refractivity contribution in [1.29, 1.82) is 0 Å². The van der Waals surface area contributed by atoms with Gasteiger partial charge in [-0.05, 0) is 38.7 Å². The van der Waals surface area contributed by atoms with Crippen molar-refractivity contribution >= 4 is 0 Å². The van der Waals surface area contributed by atoms with E-state index in [0.29, 0.717) is 5.41 Å². The zero-order valence-corrected chi connectivity index (χ0v) is 13.2. The van der Waals surface area contributed by atoms with Gasteiger partial charge in [-0.2, -0.15) is 0 Å². The lowest BCUT2D eigenvalue weighted by molar-refractivity contribution is 0.240. The molecule has 1 heterocycles. The van der Waals surface area contributed by atoms with Gasteiger partial charge in [-0.1, -0.05) is 20.8 Å². The molecule has 3 nitrogen and oxygen atoms in total. The van der Waals surface area contributed by atoms with Crippen molar-refractivity contribution in [2.75, 3.05) is 6.61 Å². The fourth-order valence-electron chi connectivity index (χ4n) is 1.51. The second-order valence-corrected chi connectivity index (χ2v) is 7.25. The van der Waals surface area contributed by atoms with Gasteiger partial charge in [0, 0.05) is 23.8 Å². The molecule has 0 aliphatic heterocycles. The van der Waals surface area contributed by atoms with Gasteiger partial charge in [-0.25, -0.2) is 0 Å². The molecule has 1 N–H and O–H groups in total. The third-order valence-electron chi connectivity index (χ3n) is 2.79. The largest absolute Gasteiger partial charge is 0.492 e. The number of aromatic nitrogens is 1. The predicted molar refractivity (Wildman–Crippen MR) is 80.4 cm³/mol. The van der Waals surface area contributed by atoms with Gasteiger partial charge in [0.2, 0.25) is 0 Å².